The third-order valence-corrected chi connectivity index (χ3v) is 5.99. The van der Waals surface area contributed by atoms with Gasteiger partial charge in [0.15, 0.2) is 0 Å². The maximum Gasteiger partial charge on any atom is 0.315 e. The van der Waals surface area contributed by atoms with Gasteiger partial charge in [0.1, 0.15) is 4.32 Å². The van der Waals surface area contributed by atoms with Crippen molar-refractivity contribution in [3.05, 3.63) is 35.9 Å². The van der Waals surface area contributed by atoms with Crippen molar-refractivity contribution in [1.82, 2.24) is 20.9 Å². The summed E-state index contributed by atoms with van der Waals surface area (Å²) in [6, 6.07) is 9.79. The monoisotopic (exact) mass is 394 g/mol. The number of urea groups is 1. The molecule has 1 saturated heterocycles. The molecule has 2 rings (SSSR count). The summed E-state index contributed by atoms with van der Waals surface area (Å²) >= 11 is 7.23. The van der Waals surface area contributed by atoms with E-state index >= 15 is 0 Å². The van der Waals surface area contributed by atoms with Gasteiger partial charge in [-0.05, 0) is 51.4 Å². The van der Waals surface area contributed by atoms with Crippen molar-refractivity contribution in [2.24, 2.45) is 0 Å². The Morgan fingerprint density at radius 1 is 1.12 bits per heavy atom. The number of piperidine rings is 1. The molecule has 144 valence electrons. The normalized spacial score (nSPS) is 15.4. The van der Waals surface area contributed by atoms with Gasteiger partial charge >= 0.3 is 6.03 Å². The smallest absolute Gasteiger partial charge is 0.315 e. The molecule has 1 aliphatic rings. The molecule has 0 unspecified atom stereocenters. The SMILES string of the molecule is CN1CCC(SC(=S)NCCCCNC(=O)NCc2ccccc2)CC1. The molecule has 1 fully saturated rings. The zero-order valence-corrected chi connectivity index (χ0v) is 17.1. The average molecular weight is 395 g/mol. The molecule has 0 spiro atoms. The number of thioether (sulfide) groups is 1. The lowest BCUT2D eigenvalue weighted by Crippen LogP contribution is -2.35. The number of nitrogens with zero attached hydrogens (tertiary/aromatic N) is 1. The highest BCUT2D eigenvalue weighted by molar-refractivity contribution is 8.23. The number of nitrogens with one attached hydrogen (secondary N) is 3. The highest BCUT2D eigenvalue weighted by atomic mass is 32.2. The lowest BCUT2D eigenvalue weighted by molar-refractivity contribution is 0.240. The number of hydrogen-bond acceptors (Lipinski definition) is 4. The Hall–Kier alpha value is -1.31. The summed E-state index contributed by atoms with van der Waals surface area (Å²) in [5.41, 5.74) is 1.10. The third-order valence-electron chi connectivity index (χ3n) is 4.39. The standard InChI is InChI=1S/C19H30N4OS2/c1-23-13-9-17(10-14-23)26-19(25)21-12-6-5-11-20-18(24)22-15-16-7-3-2-4-8-16/h2-4,7-8,17H,5-6,9-15H2,1H3,(H,21,25)(H2,20,22,24). The minimum absolute atomic E-state index is 0.116. The van der Waals surface area contributed by atoms with Crippen molar-refractivity contribution < 1.29 is 4.79 Å². The summed E-state index contributed by atoms with van der Waals surface area (Å²) in [4.78, 5) is 14.1. The van der Waals surface area contributed by atoms with E-state index in [4.69, 9.17) is 12.2 Å². The van der Waals surface area contributed by atoms with E-state index in [1.807, 2.05) is 42.1 Å². The Morgan fingerprint density at radius 3 is 2.46 bits per heavy atom. The minimum Gasteiger partial charge on any atom is -0.371 e. The molecule has 0 radical (unpaired) electrons. The molecule has 1 heterocycles. The van der Waals surface area contributed by atoms with Crippen molar-refractivity contribution >= 4 is 34.3 Å². The fourth-order valence-corrected chi connectivity index (χ4v) is 4.22. The average Bonchev–Trinajstić information content (AvgIpc) is 2.65. The van der Waals surface area contributed by atoms with Gasteiger partial charge in [-0.1, -0.05) is 54.3 Å². The van der Waals surface area contributed by atoms with E-state index in [1.54, 1.807) is 0 Å². The summed E-state index contributed by atoms with van der Waals surface area (Å²) in [5.74, 6) is 0. The Labute approximate surface area is 166 Å². The number of hydrogen-bond donors (Lipinski definition) is 3. The van der Waals surface area contributed by atoms with Crippen LogP contribution in [0.1, 0.15) is 31.2 Å². The van der Waals surface area contributed by atoms with Crippen LogP contribution in [0.15, 0.2) is 30.3 Å². The second kappa shape index (κ2) is 12.1. The number of amides is 2. The quantitative estimate of drug-likeness (QED) is 0.467. The van der Waals surface area contributed by atoms with E-state index in [1.165, 1.54) is 12.8 Å². The summed E-state index contributed by atoms with van der Waals surface area (Å²) in [7, 11) is 2.17. The highest BCUT2D eigenvalue weighted by Gasteiger charge is 2.18. The first-order valence-electron chi connectivity index (χ1n) is 9.32. The molecule has 3 N–H and O–H groups in total. The van der Waals surface area contributed by atoms with Crippen molar-refractivity contribution in [1.29, 1.82) is 0 Å². The minimum atomic E-state index is -0.116. The van der Waals surface area contributed by atoms with Crippen LogP contribution in [0, 0.1) is 0 Å². The molecule has 5 nitrogen and oxygen atoms in total. The topological polar surface area (TPSA) is 56.4 Å². The van der Waals surface area contributed by atoms with Gasteiger partial charge in [0.25, 0.3) is 0 Å². The van der Waals surface area contributed by atoms with Gasteiger partial charge in [-0.2, -0.15) is 0 Å². The van der Waals surface area contributed by atoms with Crippen LogP contribution < -0.4 is 16.0 Å². The first-order chi connectivity index (χ1) is 12.6. The highest BCUT2D eigenvalue weighted by Crippen LogP contribution is 2.23. The summed E-state index contributed by atoms with van der Waals surface area (Å²) < 4.78 is 0.910. The third kappa shape index (κ3) is 8.87. The molecular weight excluding hydrogens is 364 g/mol. The maximum atomic E-state index is 11.7. The molecule has 1 aliphatic heterocycles. The van der Waals surface area contributed by atoms with E-state index in [0.29, 0.717) is 18.3 Å². The number of benzene rings is 1. The zero-order chi connectivity index (χ0) is 18.6. The van der Waals surface area contributed by atoms with Gasteiger partial charge < -0.3 is 20.9 Å². The molecule has 1 aromatic rings. The van der Waals surface area contributed by atoms with Crippen LogP contribution in [0.2, 0.25) is 0 Å². The Kier molecular flexibility index (Phi) is 9.81. The van der Waals surface area contributed by atoms with Crippen LogP contribution >= 0.6 is 24.0 Å². The molecule has 0 aromatic heterocycles. The second-order valence-corrected chi connectivity index (χ2v) is 8.61. The van der Waals surface area contributed by atoms with Crippen molar-refractivity contribution in [2.75, 3.05) is 33.2 Å². The molecule has 0 atom stereocenters. The van der Waals surface area contributed by atoms with Crippen LogP contribution in [0.4, 0.5) is 4.79 Å². The predicted octanol–water partition coefficient (Wildman–Crippen LogP) is 2.97. The van der Waals surface area contributed by atoms with Gasteiger partial charge in [-0.3, -0.25) is 0 Å². The maximum absolute atomic E-state index is 11.7. The summed E-state index contributed by atoms with van der Waals surface area (Å²) in [5, 5.41) is 9.74. The van der Waals surface area contributed by atoms with Gasteiger partial charge in [-0.15, -0.1) is 0 Å². The largest absolute Gasteiger partial charge is 0.371 e. The number of rotatable bonds is 8. The molecule has 7 heteroatoms. The lowest BCUT2D eigenvalue weighted by atomic mass is 10.1. The van der Waals surface area contributed by atoms with Crippen LogP contribution in [-0.2, 0) is 6.54 Å². The first-order valence-corrected chi connectivity index (χ1v) is 10.6. The molecule has 0 aliphatic carbocycles. The van der Waals surface area contributed by atoms with Crippen LogP contribution in [0.5, 0.6) is 0 Å². The molecular formula is C19H30N4OS2. The van der Waals surface area contributed by atoms with E-state index < -0.39 is 0 Å². The Balaban J connectivity index is 1.43. The van der Waals surface area contributed by atoms with Gasteiger partial charge in [0, 0.05) is 24.9 Å². The van der Waals surface area contributed by atoms with E-state index in [2.05, 4.69) is 27.9 Å². The number of likely N-dealkylation sites (tertiary alicyclic amines) is 1. The van der Waals surface area contributed by atoms with E-state index in [-0.39, 0.29) is 6.03 Å². The molecule has 1 aromatic carbocycles. The fraction of sp³-hybridized carbons (Fsp3) is 0.579. The van der Waals surface area contributed by atoms with E-state index in [0.717, 1.165) is 42.4 Å². The van der Waals surface area contributed by atoms with Crippen LogP contribution in [0.25, 0.3) is 0 Å². The summed E-state index contributed by atoms with van der Waals surface area (Å²) in [6.07, 6.45) is 4.36. The zero-order valence-electron chi connectivity index (χ0n) is 15.5. The number of carbonyl (C=O) groups excluding carboxylic acids is 1. The Bertz CT molecular complexity index is 548. The van der Waals surface area contributed by atoms with Crippen molar-refractivity contribution in [3.63, 3.8) is 0 Å². The lowest BCUT2D eigenvalue weighted by Gasteiger charge is -2.28. The fourth-order valence-electron chi connectivity index (χ4n) is 2.78. The number of thiocarbonyl (C=S) groups is 1. The second-order valence-electron chi connectivity index (χ2n) is 6.64. The van der Waals surface area contributed by atoms with Gasteiger partial charge in [-0.25, -0.2) is 4.79 Å². The van der Waals surface area contributed by atoms with Crippen LogP contribution in [0.3, 0.4) is 0 Å². The molecule has 0 bridgehead atoms. The van der Waals surface area contributed by atoms with Crippen LogP contribution in [-0.4, -0.2) is 53.7 Å². The van der Waals surface area contributed by atoms with Gasteiger partial charge in [0.05, 0.1) is 0 Å². The van der Waals surface area contributed by atoms with Crippen molar-refractivity contribution in [2.45, 2.75) is 37.5 Å². The molecule has 2 amide bonds. The molecule has 26 heavy (non-hydrogen) atoms. The van der Waals surface area contributed by atoms with Gasteiger partial charge in [0.2, 0.25) is 0 Å². The predicted molar refractivity (Wildman–Crippen MR) is 115 cm³/mol. The number of unbranched alkanes of at least 4 members (excludes halogenated alkanes) is 1. The van der Waals surface area contributed by atoms with Crippen molar-refractivity contribution in [3.8, 4) is 0 Å². The first kappa shape index (κ1) is 21.0. The summed E-state index contributed by atoms with van der Waals surface area (Å²) in [6.45, 7) is 4.43. The van der Waals surface area contributed by atoms with E-state index in [9.17, 15) is 4.79 Å². The number of carbonyl (C=O) groups is 1. The molecule has 0 saturated carbocycles. The Morgan fingerprint density at radius 2 is 1.77 bits per heavy atom.